The van der Waals surface area contributed by atoms with Crippen molar-refractivity contribution in [2.24, 2.45) is 5.92 Å². The van der Waals surface area contributed by atoms with Crippen LogP contribution in [-0.4, -0.2) is 13.1 Å². The number of nitrogens with one attached hydrogen (secondary N) is 1. The van der Waals surface area contributed by atoms with E-state index in [1.807, 2.05) is 0 Å². The smallest absolute Gasteiger partial charge is 0.0170 e. The minimum Gasteiger partial charge on any atom is -0.313 e. The van der Waals surface area contributed by atoms with E-state index in [1.54, 1.807) is 5.57 Å². The molecule has 0 atom stereocenters. The van der Waals surface area contributed by atoms with Gasteiger partial charge in [0, 0.05) is 6.54 Å². The molecule has 0 heterocycles. The Hall–Kier alpha value is -1.08. The van der Waals surface area contributed by atoms with Gasteiger partial charge in [-0.15, -0.1) is 0 Å². The number of hydrogen-bond donors (Lipinski definition) is 1. The van der Waals surface area contributed by atoms with Crippen LogP contribution in [-0.2, 0) is 6.42 Å². The largest absolute Gasteiger partial charge is 0.313 e. The van der Waals surface area contributed by atoms with Gasteiger partial charge in [-0.2, -0.15) is 0 Å². The quantitative estimate of drug-likeness (QED) is 0.782. The SMILES string of the molecule is CCNC/C(=C/c1ccccc1CC)C1CCCCC1. The molecule has 1 N–H and O–H groups in total. The Balaban J connectivity index is 2.21. The Kier molecular flexibility index (Phi) is 6.32. The fourth-order valence-electron chi connectivity index (χ4n) is 3.25. The summed E-state index contributed by atoms with van der Waals surface area (Å²) in [7, 11) is 0. The van der Waals surface area contributed by atoms with Crippen LogP contribution in [0.2, 0.25) is 0 Å². The Morgan fingerprint density at radius 2 is 1.90 bits per heavy atom. The lowest BCUT2D eigenvalue weighted by molar-refractivity contribution is 0.397. The summed E-state index contributed by atoms with van der Waals surface area (Å²) in [5.74, 6) is 0.799. The van der Waals surface area contributed by atoms with Crippen molar-refractivity contribution in [2.45, 2.75) is 52.4 Å². The lowest BCUT2D eigenvalue weighted by Gasteiger charge is -2.25. The topological polar surface area (TPSA) is 12.0 Å². The molecule has 0 spiro atoms. The molecule has 1 aliphatic carbocycles. The maximum Gasteiger partial charge on any atom is 0.0170 e. The predicted octanol–water partition coefficient (Wildman–Crippen LogP) is 4.82. The van der Waals surface area contributed by atoms with Crippen molar-refractivity contribution in [2.75, 3.05) is 13.1 Å². The van der Waals surface area contributed by atoms with E-state index in [0.717, 1.165) is 25.4 Å². The molecule has 0 aliphatic heterocycles. The van der Waals surface area contributed by atoms with Crippen LogP contribution in [0.3, 0.4) is 0 Å². The van der Waals surface area contributed by atoms with Gasteiger partial charge in [-0.05, 0) is 42.9 Å². The van der Waals surface area contributed by atoms with Crippen LogP contribution in [0.25, 0.3) is 6.08 Å². The van der Waals surface area contributed by atoms with E-state index in [4.69, 9.17) is 0 Å². The highest BCUT2D eigenvalue weighted by molar-refractivity contribution is 5.57. The number of likely N-dealkylation sites (N-methyl/N-ethyl adjacent to an activating group) is 1. The summed E-state index contributed by atoms with van der Waals surface area (Å²) in [4.78, 5) is 0. The van der Waals surface area contributed by atoms with Crippen molar-refractivity contribution in [1.82, 2.24) is 5.32 Å². The fourth-order valence-corrected chi connectivity index (χ4v) is 3.25. The van der Waals surface area contributed by atoms with Crippen LogP contribution < -0.4 is 5.32 Å². The second kappa shape index (κ2) is 8.26. The summed E-state index contributed by atoms with van der Waals surface area (Å²) in [5.41, 5.74) is 4.51. The van der Waals surface area contributed by atoms with Crippen LogP contribution in [0.4, 0.5) is 0 Å². The van der Waals surface area contributed by atoms with Gasteiger partial charge in [0.15, 0.2) is 0 Å². The first kappa shape index (κ1) is 15.3. The first-order valence-electron chi connectivity index (χ1n) is 8.34. The normalized spacial score (nSPS) is 17.4. The molecule has 110 valence electrons. The van der Waals surface area contributed by atoms with E-state index in [9.17, 15) is 0 Å². The van der Waals surface area contributed by atoms with E-state index < -0.39 is 0 Å². The summed E-state index contributed by atoms with van der Waals surface area (Å²) < 4.78 is 0. The van der Waals surface area contributed by atoms with Crippen molar-refractivity contribution in [3.63, 3.8) is 0 Å². The molecule has 0 bridgehead atoms. The van der Waals surface area contributed by atoms with E-state index in [-0.39, 0.29) is 0 Å². The average molecular weight is 271 g/mol. The van der Waals surface area contributed by atoms with Crippen LogP contribution in [0.15, 0.2) is 29.8 Å². The molecule has 1 aromatic rings. The molecule has 1 aromatic carbocycles. The number of rotatable bonds is 6. The van der Waals surface area contributed by atoms with Crippen molar-refractivity contribution in [3.05, 3.63) is 41.0 Å². The fraction of sp³-hybridized carbons (Fsp3) is 0.579. The Labute approximate surface area is 124 Å². The van der Waals surface area contributed by atoms with Gasteiger partial charge in [-0.25, -0.2) is 0 Å². The summed E-state index contributed by atoms with van der Waals surface area (Å²) in [6.07, 6.45) is 10.6. The molecule has 0 radical (unpaired) electrons. The van der Waals surface area contributed by atoms with Gasteiger partial charge in [-0.1, -0.05) is 69.0 Å². The highest BCUT2D eigenvalue weighted by Crippen LogP contribution is 2.31. The van der Waals surface area contributed by atoms with Crippen molar-refractivity contribution >= 4 is 6.08 Å². The Morgan fingerprint density at radius 3 is 2.60 bits per heavy atom. The van der Waals surface area contributed by atoms with Crippen molar-refractivity contribution in [1.29, 1.82) is 0 Å². The van der Waals surface area contributed by atoms with E-state index in [1.165, 1.54) is 43.2 Å². The molecule has 1 nitrogen and oxygen atoms in total. The number of hydrogen-bond acceptors (Lipinski definition) is 1. The molecule has 0 amide bonds. The second-order valence-corrected chi connectivity index (χ2v) is 5.89. The van der Waals surface area contributed by atoms with E-state index in [0.29, 0.717) is 0 Å². The molecule has 2 rings (SSSR count). The van der Waals surface area contributed by atoms with Crippen molar-refractivity contribution in [3.8, 4) is 0 Å². The maximum atomic E-state index is 3.54. The highest BCUT2D eigenvalue weighted by Gasteiger charge is 2.17. The van der Waals surface area contributed by atoms with Crippen LogP contribution in [0.1, 0.15) is 57.1 Å². The van der Waals surface area contributed by atoms with Crippen molar-refractivity contribution < 1.29 is 0 Å². The predicted molar refractivity (Wildman–Crippen MR) is 88.9 cm³/mol. The summed E-state index contributed by atoms with van der Waals surface area (Å²) in [5, 5.41) is 3.54. The van der Waals surface area contributed by atoms with Gasteiger partial charge in [0.1, 0.15) is 0 Å². The third-order valence-corrected chi connectivity index (χ3v) is 4.49. The molecular formula is C19H29N. The molecular weight excluding hydrogens is 242 g/mol. The number of benzene rings is 1. The van der Waals surface area contributed by atoms with Gasteiger partial charge in [0.05, 0.1) is 0 Å². The second-order valence-electron chi connectivity index (χ2n) is 5.89. The van der Waals surface area contributed by atoms with Crippen LogP contribution >= 0.6 is 0 Å². The Bertz CT molecular complexity index is 427. The van der Waals surface area contributed by atoms with E-state index in [2.05, 4.69) is 49.5 Å². The standard InChI is InChI=1S/C19H29N/c1-3-16-10-8-9-13-18(16)14-19(15-20-4-2)17-11-6-5-7-12-17/h8-10,13-14,17,20H,3-7,11-12,15H2,1-2H3/b19-14-. The summed E-state index contributed by atoms with van der Waals surface area (Å²) >= 11 is 0. The van der Waals surface area contributed by atoms with Gasteiger partial charge in [0.25, 0.3) is 0 Å². The van der Waals surface area contributed by atoms with Crippen LogP contribution in [0.5, 0.6) is 0 Å². The third-order valence-electron chi connectivity index (χ3n) is 4.49. The first-order valence-corrected chi connectivity index (χ1v) is 8.34. The summed E-state index contributed by atoms with van der Waals surface area (Å²) in [6, 6.07) is 8.85. The first-order chi connectivity index (χ1) is 9.85. The van der Waals surface area contributed by atoms with Gasteiger partial charge in [0.2, 0.25) is 0 Å². The van der Waals surface area contributed by atoms with E-state index >= 15 is 0 Å². The third kappa shape index (κ3) is 4.21. The van der Waals surface area contributed by atoms with Gasteiger partial charge in [-0.3, -0.25) is 0 Å². The molecule has 1 fully saturated rings. The summed E-state index contributed by atoms with van der Waals surface area (Å²) in [6.45, 7) is 6.55. The molecule has 1 saturated carbocycles. The lowest BCUT2D eigenvalue weighted by Crippen LogP contribution is -2.22. The molecule has 20 heavy (non-hydrogen) atoms. The lowest BCUT2D eigenvalue weighted by atomic mass is 9.82. The monoisotopic (exact) mass is 271 g/mol. The molecule has 1 heteroatoms. The van der Waals surface area contributed by atoms with Gasteiger partial charge >= 0.3 is 0 Å². The van der Waals surface area contributed by atoms with Gasteiger partial charge < -0.3 is 5.32 Å². The average Bonchev–Trinajstić information content (AvgIpc) is 2.52. The molecule has 0 unspecified atom stereocenters. The van der Waals surface area contributed by atoms with Crippen LogP contribution in [0, 0.1) is 5.92 Å². The molecule has 0 saturated heterocycles. The zero-order valence-corrected chi connectivity index (χ0v) is 13.1. The minimum absolute atomic E-state index is 0.799. The number of aryl methyl sites for hydroxylation is 1. The Morgan fingerprint density at radius 1 is 1.15 bits per heavy atom. The maximum absolute atomic E-state index is 3.54. The zero-order valence-electron chi connectivity index (χ0n) is 13.1. The minimum atomic E-state index is 0.799. The zero-order chi connectivity index (χ0) is 14.2. The molecule has 0 aromatic heterocycles. The molecule has 1 aliphatic rings. The highest BCUT2D eigenvalue weighted by atomic mass is 14.8.